The van der Waals surface area contributed by atoms with Gasteiger partial charge < -0.3 is 15.5 Å². The van der Waals surface area contributed by atoms with Crippen LogP contribution in [0.2, 0.25) is 0 Å². The molecule has 1 aromatic carbocycles. The molecule has 7 nitrogen and oxygen atoms in total. The Kier molecular flexibility index (Phi) is 6.51. The van der Waals surface area contributed by atoms with Gasteiger partial charge in [0.2, 0.25) is 0 Å². The van der Waals surface area contributed by atoms with E-state index in [2.05, 4.69) is 56.7 Å². The summed E-state index contributed by atoms with van der Waals surface area (Å²) in [5.74, 6) is 0.296. The molecule has 7 heteroatoms. The average molecular weight is 376 g/mol. The van der Waals surface area contributed by atoms with Crippen LogP contribution in [0.5, 0.6) is 0 Å². The van der Waals surface area contributed by atoms with Crippen LogP contribution in [-0.4, -0.2) is 34.2 Å². The van der Waals surface area contributed by atoms with Crippen LogP contribution in [-0.2, 0) is 6.54 Å². The summed E-state index contributed by atoms with van der Waals surface area (Å²) in [6.07, 6.45) is 1.69. The van der Waals surface area contributed by atoms with Gasteiger partial charge in [-0.3, -0.25) is 9.78 Å². The molecule has 0 radical (unpaired) electrons. The molecule has 0 spiro atoms. The van der Waals surface area contributed by atoms with Crippen LogP contribution in [0.25, 0.3) is 0 Å². The highest BCUT2D eigenvalue weighted by atomic mass is 16.1. The highest BCUT2D eigenvalue weighted by Gasteiger charge is 2.09. The fourth-order valence-corrected chi connectivity index (χ4v) is 2.78. The standard InChI is InChI=1S/C21H24N6O/c1-3-27(4-2)18-10-8-16(9-11-18)24-20-13-12-19(25-26-20)21(28)23-15-17-7-5-6-14-22-17/h5-14H,3-4,15H2,1-2H3,(H,23,28)(H,24,26). The summed E-state index contributed by atoms with van der Waals surface area (Å²) < 4.78 is 0. The van der Waals surface area contributed by atoms with Gasteiger partial charge in [-0.05, 0) is 62.4 Å². The molecular formula is C21H24N6O. The van der Waals surface area contributed by atoms with Gasteiger partial charge in [0.1, 0.15) is 0 Å². The van der Waals surface area contributed by atoms with E-state index in [9.17, 15) is 4.79 Å². The third-order valence-corrected chi connectivity index (χ3v) is 4.32. The molecule has 2 N–H and O–H groups in total. The lowest BCUT2D eigenvalue weighted by Crippen LogP contribution is -2.24. The Morgan fingerprint density at radius 1 is 0.964 bits per heavy atom. The minimum absolute atomic E-state index is 0.262. The summed E-state index contributed by atoms with van der Waals surface area (Å²) in [6.45, 7) is 6.57. The summed E-state index contributed by atoms with van der Waals surface area (Å²) in [4.78, 5) is 18.6. The summed E-state index contributed by atoms with van der Waals surface area (Å²) in [5, 5.41) is 14.1. The topological polar surface area (TPSA) is 83.0 Å². The lowest BCUT2D eigenvalue weighted by molar-refractivity contribution is 0.0944. The van der Waals surface area contributed by atoms with Gasteiger partial charge in [-0.25, -0.2) is 0 Å². The lowest BCUT2D eigenvalue weighted by Gasteiger charge is -2.21. The molecular weight excluding hydrogens is 352 g/mol. The summed E-state index contributed by atoms with van der Waals surface area (Å²) in [6, 6.07) is 17.1. The van der Waals surface area contributed by atoms with Crippen molar-refractivity contribution in [3.63, 3.8) is 0 Å². The van der Waals surface area contributed by atoms with Crippen LogP contribution in [0.15, 0.2) is 60.8 Å². The molecule has 0 aliphatic rings. The second kappa shape index (κ2) is 9.45. The van der Waals surface area contributed by atoms with Gasteiger partial charge in [0, 0.05) is 30.7 Å². The fourth-order valence-electron chi connectivity index (χ4n) is 2.78. The summed E-state index contributed by atoms with van der Waals surface area (Å²) in [7, 11) is 0. The van der Waals surface area contributed by atoms with Crippen molar-refractivity contribution in [1.82, 2.24) is 20.5 Å². The maximum absolute atomic E-state index is 12.2. The quantitative estimate of drug-likeness (QED) is 0.627. The van der Waals surface area contributed by atoms with Gasteiger partial charge in [0.05, 0.1) is 12.2 Å². The predicted molar refractivity (Wildman–Crippen MR) is 111 cm³/mol. The Bertz CT molecular complexity index is 877. The molecule has 0 aliphatic heterocycles. The van der Waals surface area contributed by atoms with E-state index in [1.54, 1.807) is 18.3 Å². The largest absolute Gasteiger partial charge is 0.372 e. The molecule has 2 aromatic heterocycles. The van der Waals surface area contributed by atoms with Crippen LogP contribution in [0.1, 0.15) is 30.0 Å². The average Bonchev–Trinajstić information content (AvgIpc) is 2.75. The highest BCUT2D eigenvalue weighted by molar-refractivity contribution is 5.92. The minimum atomic E-state index is -0.284. The molecule has 3 rings (SSSR count). The van der Waals surface area contributed by atoms with Gasteiger partial charge in [-0.1, -0.05) is 6.07 Å². The van der Waals surface area contributed by atoms with Crippen LogP contribution >= 0.6 is 0 Å². The number of carbonyl (C=O) groups is 1. The van der Waals surface area contributed by atoms with E-state index in [4.69, 9.17) is 0 Å². The van der Waals surface area contributed by atoms with E-state index in [-0.39, 0.29) is 11.6 Å². The smallest absolute Gasteiger partial charge is 0.272 e. The van der Waals surface area contributed by atoms with Crippen molar-refractivity contribution in [2.24, 2.45) is 0 Å². The first-order valence-corrected chi connectivity index (χ1v) is 9.33. The molecule has 0 saturated heterocycles. The maximum atomic E-state index is 12.2. The van der Waals surface area contributed by atoms with Gasteiger partial charge in [0.25, 0.3) is 5.91 Å². The second-order valence-electron chi connectivity index (χ2n) is 6.15. The Hall–Kier alpha value is -3.48. The molecule has 2 heterocycles. The first-order valence-electron chi connectivity index (χ1n) is 9.33. The van der Waals surface area contributed by atoms with Crippen LogP contribution in [0, 0.1) is 0 Å². The first kappa shape index (κ1) is 19.3. The van der Waals surface area contributed by atoms with Crippen molar-refractivity contribution in [2.45, 2.75) is 20.4 Å². The number of anilines is 3. The molecule has 0 saturated carbocycles. The van der Waals surface area contributed by atoms with Crippen LogP contribution in [0.4, 0.5) is 17.2 Å². The number of carbonyl (C=O) groups excluding carboxylic acids is 1. The number of amides is 1. The predicted octanol–water partition coefficient (Wildman–Crippen LogP) is 3.39. The third kappa shape index (κ3) is 5.03. The lowest BCUT2D eigenvalue weighted by atomic mass is 10.2. The zero-order valence-corrected chi connectivity index (χ0v) is 16.1. The minimum Gasteiger partial charge on any atom is -0.372 e. The molecule has 0 bridgehead atoms. The monoisotopic (exact) mass is 376 g/mol. The van der Waals surface area contributed by atoms with Gasteiger partial charge in [-0.2, -0.15) is 0 Å². The van der Waals surface area contributed by atoms with E-state index in [0.29, 0.717) is 12.4 Å². The molecule has 0 unspecified atom stereocenters. The number of pyridine rings is 1. The van der Waals surface area contributed by atoms with Gasteiger partial charge in [-0.15, -0.1) is 10.2 Å². The molecule has 3 aromatic rings. The van der Waals surface area contributed by atoms with E-state index >= 15 is 0 Å². The van der Waals surface area contributed by atoms with E-state index in [1.165, 1.54) is 5.69 Å². The van der Waals surface area contributed by atoms with E-state index < -0.39 is 0 Å². The highest BCUT2D eigenvalue weighted by Crippen LogP contribution is 2.20. The molecule has 0 aliphatic carbocycles. The Morgan fingerprint density at radius 2 is 1.75 bits per heavy atom. The normalized spacial score (nSPS) is 10.4. The van der Waals surface area contributed by atoms with Crippen LogP contribution in [0.3, 0.4) is 0 Å². The zero-order chi connectivity index (χ0) is 19.8. The Morgan fingerprint density at radius 3 is 2.36 bits per heavy atom. The van der Waals surface area contributed by atoms with Crippen molar-refractivity contribution in [3.8, 4) is 0 Å². The second-order valence-corrected chi connectivity index (χ2v) is 6.15. The number of hydrogen-bond donors (Lipinski definition) is 2. The number of hydrogen-bond acceptors (Lipinski definition) is 6. The summed E-state index contributed by atoms with van der Waals surface area (Å²) in [5.41, 5.74) is 3.15. The van der Waals surface area contributed by atoms with E-state index in [0.717, 1.165) is 24.5 Å². The first-order chi connectivity index (χ1) is 13.7. The molecule has 28 heavy (non-hydrogen) atoms. The Balaban J connectivity index is 1.57. The van der Waals surface area contributed by atoms with E-state index in [1.807, 2.05) is 30.3 Å². The molecule has 144 valence electrons. The van der Waals surface area contributed by atoms with Gasteiger partial charge >= 0.3 is 0 Å². The zero-order valence-electron chi connectivity index (χ0n) is 16.1. The van der Waals surface area contributed by atoms with Crippen molar-refractivity contribution in [1.29, 1.82) is 0 Å². The maximum Gasteiger partial charge on any atom is 0.272 e. The van der Waals surface area contributed by atoms with Crippen LogP contribution < -0.4 is 15.5 Å². The third-order valence-electron chi connectivity index (χ3n) is 4.32. The SMILES string of the molecule is CCN(CC)c1ccc(Nc2ccc(C(=O)NCc3ccccn3)nn2)cc1. The Labute approximate surface area is 164 Å². The molecule has 1 amide bonds. The molecule has 0 fully saturated rings. The number of nitrogens with zero attached hydrogens (tertiary/aromatic N) is 4. The number of nitrogens with one attached hydrogen (secondary N) is 2. The number of benzene rings is 1. The van der Waals surface area contributed by atoms with Crippen molar-refractivity contribution < 1.29 is 4.79 Å². The van der Waals surface area contributed by atoms with Crippen molar-refractivity contribution >= 4 is 23.1 Å². The molecule has 0 atom stereocenters. The fraction of sp³-hybridized carbons (Fsp3) is 0.238. The number of aromatic nitrogens is 3. The van der Waals surface area contributed by atoms with Crippen molar-refractivity contribution in [2.75, 3.05) is 23.3 Å². The van der Waals surface area contributed by atoms with Gasteiger partial charge in [0.15, 0.2) is 11.5 Å². The number of rotatable bonds is 8. The summed E-state index contributed by atoms with van der Waals surface area (Å²) >= 11 is 0. The van der Waals surface area contributed by atoms with Crippen molar-refractivity contribution in [3.05, 3.63) is 72.2 Å².